The second-order valence-electron chi connectivity index (χ2n) is 3.68. The van der Waals surface area contributed by atoms with Crippen LogP contribution in [0.15, 0.2) is 28.3 Å². The Kier molecular flexibility index (Phi) is 4.69. The van der Waals surface area contributed by atoms with E-state index in [9.17, 15) is 9.18 Å². The van der Waals surface area contributed by atoms with Crippen molar-refractivity contribution in [3.05, 3.63) is 34.1 Å². The Balaban J connectivity index is 3.05. The number of ether oxygens (including phenoxy) is 1. The van der Waals surface area contributed by atoms with Gasteiger partial charge in [0.1, 0.15) is 5.82 Å². The molecule has 3 nitrogen and oxygen atoms in total. The van der Waals surface area contributed by atoms with Gasteiger partial charge < -0.3 is 10.1 Å². The van der Waals surface area contributed by atoms with E-state index in [1.165, 1.54) is 25.3 Å². The van der Waals surface area contributed by atoms with Crippen LogP contribution < -0.4 is 10.1 Å². The third-order valence-electron chi connectivity index (χ3n) is 1.89. The molecule has 0 aromatic heterocycles. The van der Waals surface area contributed by atoms with Crippen molar-refractivity contribution < 1.29 is 13.9 Å². The lowest BCUT2D eigenvalue weighted by atomic mass is 10.2. The molecule has 1 N–H and O–H groups in total. The minimum absolute atomic E-state index is 0.293. The van der Waals surface area contributed by atoms with Crippen molar-refractivity contribution in [2.75, 3.05) is 12.4 Å². The molecular formula is C12H13BrFNO2. The van der Waals surface area contributed by atoms with E-state index in [-0.39, 0.29) is 5.91 Å². The van der Waals surface area contributed by atoms with Crippen LogP contribution in [0.3, 0.4) is 0 Å². The van der Waals surface area contributed by atoms with Crippen LogP contribution >= 0.6 is 15.9 Å². The minimum atomic E-state index is -0.454. The molecule has 0 atom stereocenters. The number of carbonyl (C=O) groups is 1. The van der Waals surface area contributed by atoms with Crippen LogP contribution in [0.4, 0.5) is 10.1 Å². The van der Waals surface area contributed by atoms with E-state index in [1.54, 1.807) is 13.8 Å². The number of rotatable bonds is 3. The first-order valence-electron chi connectivity index (χ1n) is 4.93. The number of allylic oxidation sites excluding steroid dienone is 1. The van der Waals surface area contributed by atoms with Gasteiger partial charge in [-0.05, 0) is 35.8 Å². The van der Waals surface area contributed by atoms with E-state index in [2.05, 4.69) is 21.2 Å². The standard InChI is InChI=1S/C12H13BrFNO2/c1-7(2)4-11(16)15-10-6-8(14)5-9(13)12(10)17-3/h4-6H,1-3H3,(H,15,16). The smallest absolute Gasteiger partial charge is 0.248 e. The van der Waals surface area contributed by atoms with Crippen LogP contribution in [0.5, 0.6) is 5.75 Å². The highest BCUT2D eigenvalue weighted by Gasteiger charge is 2.11. The van der Waals surface area contributed by atoms with Crippen LogP contribution in [0, 0.1) is 5.82 Å². The number of amides is 1. The van der Waals surface area contributed by atoms with Crippen molar-refractivity contribution in [1.29, 1.82) is 0 Å². The molecule has 0 radical (unpaired) electrons. The molecule has 5 heteroatoms. The van der Waals surface area contributed by atoms with E-state index < -0.39 is 5.82 Å². The quantitative estimate of drug-likeness (QED) is 0.868. The molecule has 17 heavy (non-hydrogen) atoms. The van der Waals surface area contributed by atoms with Crippen molar-refractivity contribution in [3.63, 3.8) is 0 Å². The summed E-state index contributed by atoms with van der Waals surface area (Å²) in [5.74, 6) is -0.382. The van der Waals surface area contributed by atoms with Gasteiger partial charge in [-0.25, -0.2) is 4.39 Å². The van der Waals surface area contributed by atoms with Gasteiger partial charge in [0.15, 0.2) is 5.75 Å². The van der Waals surface area contributed by atoms with Crippen molar-refractivity contribution in [2.24, 2.45) is 0 Å². The number of hydrogen-bond donors (Lipinski definition) is 1. The first-order valence-corrected chi connectivity index (χ1v) is 5.72. The summed E-state index contributed by atoms with van der Waals surface area (Å²) in [6.45, 7) is 3.61. The van der Waals surface area contributed by atoms with Gasteiger partial charge in [-0.2, -0.15) is 0 Å². The molecule has 1 amide bonds. The largest absolute Gasteiger partial charge is 0.493 e. The van der Waals surface area contributed by atoms with Crippen LogP contribution in [0.2, 0.25) is 0 Å². The maximum Gasteiger partial charge on any atom is 0.248 e. The molecule has 0 saturated carbocycles. The van der Waals surface area contributed by atoms with Crippen molar-refractivity contribution in [1.82, 2.24) is 0 Å². The third-order valence-corrected chi connectivity index (χ3v) is 2.48. The Labute approximate surface area is 108 Å². The van der Waals surface area contributed by atoms with Crippen molar-refractivity contribution in [2.45, 2.75) is 13.8 Å². The summed E-state index contributed by atoms with van der Waals surface area (Å²) >= 11 is 3.17. The van der Waals surface area contributed by atoms with E-state index in [4.69, 9.17) is 4.74 Å². The molecule has 1 rings (SSSR count). The molecule has 92 valence electrons. The number of carbonyl (C=O) groups excluding carboxylic acids is 1. The SMILES string of the molecule is COc1c(Br)cc(F)cc1NC(=O)C=C(C)C. The van der Waals surface area contributed by atoms with Gasteiger partial charge in [0.05, 0.1) is 17.3 Å². The van der Waals surface area contributed by atoms with E-state index >= 15 is 0 Å². The Bertz CT molecular complexity index is 468. The van der Waals surface area contributed by atoms with Gasteiger partial charge in [-0.1, -0.05) is 5.57 Å². The number of benzene rings is 1. The zero-order valence-electron chi connectivity index (χ0n) is 9.80. The summed E-state index contributed by atoms with van der Waals surface area (Å²) in [6, 6.07) is 2.48. The molecule has 0 aliphatic rings. The summed E-state index contributed by atoms with van der Waals surface area (Å²) in [5.41, 5.74) is 1.15. The molecule has 0 aliphatic heterocycles. The second-order valence-corrected chi connectivity index (χ2v) is 4.53. The van der Waals surface area contributed by atoms with E-state index in [0.29, 0.717) is 15.9 Å². The Morgan fingerprint density at radius 3 is 2.65 bits per heavy atom. The number of methoxy groups -OCH3 is 1. The number of hydrogen-bond acceptors (Lipinski definition) is 2. The lowest BCUT2D eigenvalue weighted by Gasteiger charge is -2.11. The highest BCUT2D eigenvalue weighted by Crippen LogP contribution is 2.34. The number of nitrogens with one attached hydrogen (secondary N) is 1. The van der Waals surface area contributed by atoms with E-state index in [0.717, 1.165) is 5.57 Å². The molecule has 1 aromatic carbocycles. The van der Waals surface area contributed by atoms with Gasteiger partial charge in [-0.15, -0.1) is 0 Å². The summed E-state index contributed by atoms with van der Waals surface area (Å²) in [4.78, 5) is 11.5. The van der Waals surface area contributed by atoms with Crippen LogP contribution in [-0.2, 0) is 4.79 Å². The van der Waals surface area contributed by atoms with Gasteiger partial charge in [0, 0.05) is 12.1 Å². The fraction of sp³-hybridized carbons (Fsp3) is 0.250. The highest BCUT2D eigenvalue weighted by molar-refractivity contribution is 9.10. The molecular weight excluding hydrogens is 289 g/mol. The molecule has 0 unspecified atom stereocenters. The van der Waals surface area contributed by atoms with Gasteiger partial charge in [0.2, 0.25) is 5.91 Å². The van der Waals surface area contributed by atoms with Gasteiger partial charge in [-0.3, -0.25) is 4.79 Å². The predicted octanol–water partition coefficient (Wildman–Crippen LogP) is 3.50. The van der Waals surface area contributed by atoms with Crippen LogP contribution in [0.25, 0.3) is 0 Å². The average Bonchev–Trinajstić information content (AvgIpc) is 2.15. The van der Waals surface area contributed by atoms with Gasteiger partial charge >= 0.3 is 0 Å². The Morgan fingerprint density at radius 1 is 1.47 bits per heavy atom. The zero-order chi connectivity index (χ0) is 13.0. The van der Waals surface area contributed by atoms with Gasteiger partial charge in [0.25, 0.3) is 0 Å². The predicted molar refractivity (Wildman–Crippen MR) is 68.7 cm³/mol. The molecule has 0 aliphatic carbocycles. The molecule has 0 fully saturated rings. The topological polar surface area (TPSA) is 38.3 Å². The lowest BCUT2D eigenvalue weighted by Crippen LogP contribution is -2.10. The van der Waals surface area contributed by atoms with Crippen molar-refractivity contribution >= 4 is 27.5 Å². The zero-order valence-corrected chi connectivity index (χ0v) is 11.4. The first-order chi connectivity index (χ1) is 7.93. The molecule has 0 spiro atoms. The molecule has 0 bridgehead atoms. The maximum atomic E-state index is 13.2. The van der Waals surface area contributed by atoms with Crippen LogP contribution in [-0.4, -0.2) is 13.0 Å². The fourth-order valence-electron chi connectivity index (χ4n) is 1.29. The number of halogens is 2. The summed E-state index contributed by atoms with van der Waals surface area (Å²) in [7, 11) is 1.45. The first kappa shape index (κ1) is 13.7. The molecule has 0 heterocycles. The average molecular weight is 302 g/mol. The van der Waals surface area contributed by atoms with Crippen LogP contribution in [0.1, 0.15) is 13.8 Å². The maximum absolute atomic E-state index is 13.2. The summed E-state index contributed by atoms with van der Waals surface area (Å²) in [5, 5.41) is 2.56. The monoisotopic (exact) mass is 301 g/mol. The molecule has 0 saturated heterocycles. The number of anilines is 1. The van der Waals surface area contributed by atoms with E-state index in [1.807, 2.05) is 0 Å². The summed E-state index contributed by atoms with van der Waals surface area (Å²) < 4.78 is 18.7. The highest BCUT2D eigenvalue weighted by atomic mass is 79.9. The Morgan fingerprint density at radius 2 is 2.12 bits per heavy atom. The minimum Gasteiger partial charge on any atom is -0.493 e. The second kappa shape index (κ2) is 5.82. The summed E-state index contributed by atoms with van der Waals surface area (Å²) in [6.07, 6.45) is 1.43. The fourth-order valence-corrected chi connectivity index (χ4v) is 1.89. The third kappa shape index (κ3) is 3.85. The normalized spacial score (nSPS) is 9.71. The lowest BCUT2D eigenvalue weighted by molar-refractivity contribution is -0.112. The Hall–Kier alpha value is -1.36. The van der Waals surface area contributed by atoms with Crippen molar-refractivity contribution in [3.8, 4) is 5.75 Å². The molecule has 1 aromatic rings.